The van der Waals surface area contributed by atoms with Crippen LogP contribution in [0, 0.1) is 5.92 Å². The van der Waals surface area contributed by atoms with Crippen molar-refractivity contribution < 1.29 is 4.79 Å². The fourth-order valence-electron chi connectivity index (χ4n) is 4.77. The van der Waals surface area contributed by atoms with Gasteiger partial charge in [0.05, 0.1) is 11.3 Å². The van der Waals surface area contributed by atoms with Crippen LogP contribution in [-0.2, 0) is 6.42 Å². The van der Waals surface area contributed by atoms with Crippen LogP contribution < -0.4 is 10.5 Å². The monoisotopic (exact) mass is 365 g/mol. The molecule has 1 N–H and O–H groups in total. The zero-order valence-corrected chi connectivity index (χ0v) is 15.2. The van der Waals surface area contributed by atoms with Crippen LogP contribution in [-0.4, -0.2) is 51.9 Å². The number of anilines is 1. The number of nitrogens with one attached hydrogen (secondary N) is 1. The Labute approximate surface area is 157 Å². The van der Waals surface area contributed by atoms with Gasteiger partial charge in [-0.2, -0.15) is 0 Å². The van der Waals surface area contributed by atoms with Gasteiger partial charge in [-0.3, -0.25) is 19.6 Å². The summed E-state index contributed by atoms with van der Waals surface area (Å²) in [5.74, 6) is 1.24. The Balaban J connectivity index is 1.45. The van der Waals surface area contributed by atoms with Gasteiger partial charge in [-0.15, -0.1) is 0 Å². The van der Waals surface area contributed by atoms with Crippen LogP contribution in [0.2, 0.25) is 0 Å². The van der Waals surface area contributed by atoms with Crippen molar-refractivity contribution in [2.75, 3.05) is 31.1 Å². The molecule has 2 atom stereocenters. The first-order valence-corrected chi connectivity index (χ1v) is 9.78. The molecule has 1 aliphatic carbocycles. The van der Waals surface area contributed by atoms with Crippen molar-refractivity contribution >= 4 is 11.9 Å². The van der Waals surface area contributed by atoms with E-state index in [1.54, 1.807) is 24.5 Å². The Morgan fingerprint density at radius 1 is 1.22 bits per heavy atom. The number of hydrogen-bond acceptors (Lipinski definition) is 5. The first kappa shape index (κ1) is 16.5. The molecule has 7 heteroatoms. The summed E-state index contributed by atoms with van der Waals surface area (Å²) >= 11 is 0. The molecule has 0 saturated carbocycles. The van der Waals surface area contributed by atoms with E-state index in [1.165, 1.54) is 0 Å². The maximum atomic E-state index is 12.8. The summed E-state index contributed by atoms with van der Waals surface area (Å²) < 4.78 is 0. The maximum Gasteiger partial charge on any atom is 0.255 e. The lowest BCUT2D eigenvalue weighted by molar-refractivity contribution is 0.0785. The number of hydrogen-bond donors (Lipinski definition) is 1. The van der Waals surface area contributed by atoms with E-state index in [1.807, 2.05) is 4.90 Å². The molecule has 7 nitrogen and oxygen atoms in total. The van der Waals surface area contributed by atoms with Gasteiger partial charge in [-0.05, 0) is 43.7 Å². The lowest BCUT2D eigenvalue weighted by atomic mass is 9.80. The average Bonchev–Trinajstić information content (AvgIpc) is 3.38. The number of aromatic nitrogens is 3. The third-order valence-corrected chi connectivity index (χ3v) is 6.19. The van der Waals surface area contributed by atoms with E-state index < -0.39 is 0 Å². The van der Waals surface area contributed by atoms with Crippen molar-refractivity contribution in [3.05, 3.63) is 51.7 Å². The first-order chi connectivity index (χ1) is 13.2. The highest BCUT2D eigenvalue weighted by atomic mass is 16.2. The largest absolute Gasteiger partial charge is 0.342 e. The Morgan fingerprint density at radius 3 is 2.85 bits per heavy atom. The van der Waals surface area contributed by atoms with Crippen LogP contribution in [0.4, 0.5) is 5.95 Å². The summed E-state index contributed by atoms with van der Waals surface area (Å²) in [7, 11) is 0. The Morgan fingerprint density at radius 2 is 2.07 bits per heavy atom. The topological polar surface area (TPSA) is 82.2 Å². The van der Waals surface area contributed by atoms with E-state index in [0.717, 1.165) is 56.6 Å². The van der Waals surface area contributed by atoms with Crippen LogP contribution in [0.1, 0.15) is 46.8 Å². The SMILES string of the molecule is O=C(c1cccnc1)N1C[C@H]2CCc3c(nc(N4CCCC4)[nH]c3=O)[C@H]2C1. The number of rotatable bonds is 2. The van der Waals surface area contributed by atoms with E-state index in [0.29, 0.717) is 24.0 Å². The van der Waals surface area contributed by atoms with Crippen LogP contribution in [0.25, 0.3) is 0 Å². The molecule has 2 aliphatic heterocycles. The molecule has 5 rings (SSSR count). The minimum Gasteiger partial charge on any atom is -0.342 e. The Hall–Kier alpha value is -2.70. The Kier molecular flexibility index (Phi) is 3.95. The molecule has 2 saturated heterocycles. The van der Waals surface area contributed by atoms with Crippen LogP contribution in [0.5, 0.6) is 0 Å². The van der Waals surface area contributed by atoms with Crippen molar-refractivity contribution in [3.8, 4) is 0 Å². The molecule has 3 aliphatic rings. The highest BCUT2D eigenvalue weighted by Gasteiger charge is 2.41. The molecule has 2 aromatic rings. The van der Waals surface area contributed by atoms with Crippen molar-refractivity contribution in [1.29, 1.82) is 0 Å². The summed E-state index contributed by atoms with van der Waals surface area (Å²) in [6.07, 6.45) is 7.25. The van der Waals surface area contributed by atoms with Gasteiger partial charge in [0.15, 0.2) is 0 Å². The fourth-order valence-corrected chi connectivity index (χ4v) is 4.77. The zero-order valence-electron chi connectivity index (χ0n) is 15.2. The standard InChI is InChI=1S/C20H23N5O2/c26-18-15-6-5-14-11-25(19(27)13-4-3-7-21-10-13)12-16(14)17(15)22-20(23-18)24-8-1-2-9-24/h3-4,7,10,14,16H,1-2,5-6,8-9,11-12H2,(H,22,23,26)/t14-,16+/m1/s1. The molecule has 0 bridgehead atoms. The number of carbonyl (C=O) groups is 1. The first-order valence-electron chi connectivity index (χ1n) is 9.78. The summed E-state index contributed by atoms with van der Waals surface area (Å²) in [6.45, 7) is 3.25. The molecule has 2 aromatic heterocycles. The third kappa shape index (κ3) is 2.81. The predicted molar refractivity (Wildman–Crippen MR) is 101 cm³/mol. The smallest absolute Gasteiger partial charge is 0.255 e. The molecule has 0 unspecified atom stereocenters. The van der Waals surface area contributed by atoms with E-state index in [4.69, 9.17) is 4.98 Å². The lowest BCUT2D eigenvalue weighted by Gasteiger charge is -2.27. The van der Waals surface area contributed by atoms with Gasteiger partial charge in [0, 0.05) is 50.1 Å². The fraction of sp³-hybridized carbons (Fsp3) is 0.500. The van der Waals surface area contributed by atoms with Gasteiger partial charge in [-0.1, -0.05) is 0 Å². The number of carbonyl (C=O) groups excluding carboxylic acids is 1. The van der Waals surface area contributed by atoms with Crippen molar-refractivity contribution in [2.45, 2.75) is 31.6 Å². The number of H-pyrrole nitrogens is 1. The highest BCUT2D eigenvalue weighted by Crippen LogP contribution is 2.40. The second-order valence-electron chi connectivity index (χ2n) is 7.80. The third-order valence-electron chi connectivity index (χ3n) is 6.19. The number of amides is 1. The molecule has 2 fully saturated rings. The number of fused-ring (bicyclic) bond motifs is 3. The maximum absolute atomic E-state index is 12.8. The summed E-state index contributed by atoms with van der Waals surface area (Å²) in [6, 6.07) is 3.59. The number of likely N-dealkylation sites (tertiary alicyclic amines) is 1. The molecular weight excluding hydrogens is 342 g/mol. The second kappa shape index (κ2) is 6.48. The average molecular weight is 365 g/mol. The predicted octanol–water partition coefficient (Wildman–Crippen LogP) is 1.57. The van der Waals surface area contributed by atoms with Crippen molar-refractivity contribution in [3.63, 3.8) is 0 Å². The van der Waals surface area contributed by atoms with Gasteiger partial charge < -0.3 is 9.80 Å². The quantitative estimate of drug-likeness (QED) is 0.874. The minimum absolute atomic E-state index is 0.00242. The van der Waals surface area contributed by atoms with E-state index in [2.05, 4.69) is 14.9 Å². The van der Waals surface area contributed by atoms with E-state index >= 15 is 0 Å². The van der Waals surface area contributed by atoms with Crippen LogP contribution in [0.3, 0.4) is 0 Å². The van der Waals surface area contributed by atoms with E-state index in [9.17, 15) is 9.59 Å². The lowest BCUT2D eigenvalue weighted by Crippen LogP contribution is -2.31. The zero-order chi connectivity index (χ0) is 18.4. The molecule has 27 heavy (non-hydrogen) atoms. The van der Waals surface area contributed by atoms with Gasteiger partial charge in [0.1, 0.15) is 0 Å². The summed E-state index contributed by atoms with van der Waals surface area (Å²) in [5, 5.41) is 0. The molecular formula is C20H23N5O2. The van der Waals surface area contributed by atoms with Gasteiger partial charge in [-0.25, -0.2) is 4.98 Å². The number of nitrogens with zero attached hydrogens (tertiary/aromatic N) is 4. The number of pyridine rings is 1. The van der Waals surface area contributed by atoms with Crippen molar-refractivity contribution in [2.24, 2.45) is 5.92 Å². The second-order valence-corrected chi connectivity index (χ2v) is 7.80. The highest BCUT2D eigenvalue weighted by molar-refractivity contribution is 5.94. The van der Waals surface area contributed by atoms with E-state index in [-0.39, 0.29) is 17.4 Å². The normalized spacial score (nSPS) is 24.0. The van der Waals surface area contributed by atoms with Crippen LogP contribution >= 0.6 is 0 Å². The van der Waals surface area contributed by atoms with Crippen LogP contribution in [0.15, 0.2) is 29.3 Å². The molecule has 1 amide bonds. The van der Waals surface area contributed by atoms with Gasteiger partial charge in [0.2, 0.25) is 5.95 Å². The minimum atomic E-state index is -0.00242. The molecule has 0 radical (unpaired) electrons. The molecule has 4 heterocycles. The molecule has 0 spiro atoms. The Bertz CT molecular complexity index is 920. The summed E-state index contributed by atoms with van der Waals surface area (Å²) in [5.41, 5.74) is 2.35. The molecule has 0 aromatic carbocycles. The van der Waals surface area contributed by atoms with Crippen molar-refractivity contribution in [1.82, 2.24) is 19.9 Å². The number of aromatic amines is 1. The van der Waals surface area contributed by atoms with Gasteiger partial charge in [0.25, 0.3) is 11.5 Å². The summed E-state index contributed by atoms with van der Waals surface area (Å²) in [4.78, 5) is 41.5. The van der Waals surface area contributed by atoms with Gasteiger partial charge >= 0.3 is 0 Å². The molecule has 140 valence electrons.